The molecule has 1 aliphatic heterocycles. The lowest BCUT2D eigenvalue weighted by Crippen LogP contribution is -2.46. The second kappa shape index (κ2) is 7.21. The van der Waals surface area contributed by atoms with Crippen molar-refractivity contribution in [1.29, 1.82) is 0 Å². The Morgan fingerprint density at radius 1 is 1.57 bits per heavy atom. The number of pyridine rings is 1. The summed E-state index contributed by atoms with van der Waals surface area (Å²) < 4.78 is 0. The number of nitrogens with zero attached hydrogens (tertiary/aromatic N) is 2. The summed E-state index contributed by atoms with van der Waals surface area (Å²) in [5.74, 6) is 5.69. The van der Waals surface area contributed by atoms with E-state index in [-0.39, 0.29) is 18.4 Å². The molecule has 0 aliphatic carbocycles. The van der Waals surface area contributed by atoms with Gasteiger partial charge >= 0.3 is 0 Å². The average Bonchev–Trinajstić information content (AvgIpc) is 2.50. The summed E-state index contributed by atoms with van der Waals surface area (Å²) in [5.41, 5.74) is 0.869. The summed E-state index contributed by atoms with van der Waals surface area (Å²) in [6.45, 7) is 2.93. The minimum atomic E-state index is -0.490. The number of hydrogen-bond acceptors (Lipinski definition) is 4. The first-order chi connectivity index (χ1) is 10.1. The number of carbonyl (C=O) groups excluding carboxylic acids is 1. The van der Waals surface area contributed by atoms with Gasteiger partial charge in [-0.3, -0.25) is 4.79 Å². The minimum absolute atomic E-state index is 0.00719. The number of likely N-dealkylation sites (tertiary alicyclic amines) is 1. The maximum Gasteiger partial charge on any atom is 0.273 e. The molecule has 1 amide bonds. The van der Waals surface area contributed by atoms with Crippen molar-refractivity contribution in [1.82, 2.24) is 9.88 Å². The van der Waals surface area contributed by atoms with Gasteiger partial charge in [0, 0.05) is 25.7 Å². The molecule has 5 nitrogen and oxygen atoms in total. The fourth-order valence-electron chi connectivity index (χ4n) is 2.27. The van der Waals surface area contributed by atoms with Crippen LogP contribution >= 0.6 is 0 Å². The lowest BCUT2D eigenvalue weighted by atomic mass is 9.95. The van der Waals surface area contributed by atoms with Crippen molar-refractivity contribution in [3.05, 3.63) is 29.6 Å². The number of carbonyl (C=O) groups is 1. The molecule has 0 aromatic carbocycles. The van der Waals surface area contributed by atoms with Gasteiger partial charge in [-0.1, -0.05) is 18.8 Å². The lowest BCUT2D eigenvalue weighted by molar-refractivity contribution is 0.0245. The van der Waals surface area contributed by atoms with Crippen molar-refractivity contribution in [3.8, 4) is 11.8 Å². The summed E-state index contributed by atoms with van der Waals surface area (Å²) in [6.07, 6.45) is 2.22. The third-order valence-electron chi connectivity index (χ3n) is 3.68. The van der Waals surface area contributed by atoms with E-state index in [2.05, 4.69) is 16.8 Å². The summed E-state index contributed by atoms with van der Waals surface area (Å²) in [6, 6.07) is 3.47. The molecule has 2 unspecified atom stereocenters. The molecular formula is C16H20N2O3. The summed E-state index contributed by atoms with van der Waals surface area (Å²) in [7, 11) is 0. The SMILES string of the molecule is CC1CCN(C(=O)c2ncccc2C#CCCO)CC1O. The standard InChI is InChI=1S/C16H20N2O3/c1-12-7-9-18(11-14(12)20)16(21)15-13(5-2-3-10-19)6-4-8-17-15/h4,6,8,12,14,19-20H,3,7,9-11H2,1H3. The van der Waals surface area contributed by atoms with Gasteiger partial charge in [0.1, 0.15) is 5.69 Å². The fraction of sp³-hybridized carbons (Fsp3) is 0.500. The zero-order chi connectivity index (χ0) is 15.2. The van der Waals surface area contributed by atoms with Crippen molar-refractivity contribution >= 4 is 5.91 Å². The minimum Gasteiger partial charge on any atom is -0.395 e. The maximum absolute atomic E-state index is 12.5. The summed E-state index contributed by atoms with van der Waals surface area (Å²) in [4.78, 5) is 18.3. The molecule has 0 bridgehead atoms. The zero-order valence-electron chi connectivity index (χ0n) is 12.1. The van der Waals surface area contributed by atoms with E-state index in [4.69, 9.17) is 5.11 Å². The molecule has 1 aromatic rings. The monoisotopic (exact) mass is 288 g/mol. The largest absolute Gasteiger partial charge is 0.395 e. The Labute approximate surface area is 124 Å². The van der Waals surface area contributed by atoms with E-state index in [1.165, 1.54) is 0 Å². The molecule has 1 aliphatic rings. The van der Waals surface area contributed by atoms with Crippen molar-refractivity contribution in [2.24, 2.45) is 5.92 Å². The van der Waals surface area contributed by atoms with Crippen LogP contribution in [-0.4, -0.2) is 51.8 Å². The van der Waals surface area contributed by atoms with Crippen LogP contribution in [0.3, 0.4) is 0 Å². The third-order valence-corrected chi connectivity index (χ3v) is 3.68. The van der Waals surface area contributed by atoms with Gasteiger partial charge in [-0.15, -0.1) is 0 Å². The Kier molecular flexibility index (Phi) is 5.32. The van der Waals surface area contributed by atoms with Gasteiger partial charge in [0.05, 0.1) is 18.3 Å². The molecular weight excluding hydrogens is 268 g/mol. The molecule has 2 N–H and O–H groups in total. The van der Waals surface area contributed by atoms with Crippen LogP contribution in [0.25, 0.3) is 0 Å². The second-order valence-electron chi connectivity index (χ2n) is 5.26. The maximum atomic E-state index is 12.5. The molecule has 2 heterocycles. The topological polar surface area (TPSA) is 73.7 Å². The van der Waals surface area contributed by atoms with Gasteiger partial charge in [0.15, 0.2) is 0 Å². The number of amides is 1. The zero-order valence-corrected chi connectivity index (χ0v) is 12.1. The van der Waals surface area contributed by atoms with Gasteiger partial charge in [-0.05, 0) is 24.5 Å². The van der Waals surface area contributed by atoms with Crippen LogP contribution in [0.1, 0.15) is 35.8 Å². The number of hydrogen-bond donors (Lipinski definition) is 2. The molecule has 1 saturated heterocycles. The third kappa shape index (κ3) is 3.81. The van der Waals surface area contributed by atoms with Crippen LogP contribution in [0.4, 0.5) is 0 Å². The Morgan fingerprint density at radius 2 is 2.38 bits per heavy atom. The first kappa shape index (κ1) is 15.5. The molecule has 2 rings (SSSR count). The predicted molar refractivity (Wildman–Crippen MR) is 78.5 cm³/mol. The molecule has 21 heavy (non-hydrogen) atoms. The Hall–Kier alpha value is -1.90. The molecule has 1 aromatic heterocycles. The first-order valence-electron chi connectivity index (χ1n) is 7.15. The average molecular weight is 288 g/mol. The van der Waals surface area contributed by atoms with E-state index in [0.29, 0.717) is 30.8 Å². The van der Waals surface area contributed by atoms with E-state index >= 15 is 0 Å². The van der Waals surface area contributed by atoms with Crippen LogP contribution in [-0.2, 0) is 0 Å². The van der Waals surface area contributed by atoms with Crippen molar-refractivity contribution in [3.63, 3.8) is 0 Å². The highest BCUT2D eigenvalue weighted by atomic mass is 16.3. The van der Waals surface area contributed by atoms with Crippen molar-refractivity contribution in [2.45, 2.75) is 25.9 Å². The van der Waals surface area contributed by atoms with Gasteiger partial charge in [0.25, 0.3) is 5.91 Å². The van der Waals surface area contributed by atoms with Crippen LogP contribution in [0.5, 0.6) is 0 Å². The Bertz CT molecular complexity index is 562. The normalized spacial score (nSPS) is 21.6. The lowest BCUT2D eigenvalue weighted by Gasteiger charge is -2.34. The van der Waals surface area contributed by atoms with Gasteiger partial charge in [-0.25, -0.2) is 4.98 Å². The molecule has 5 heteroatoms. The van der Waals surface area contributed by atoms with Crippen LogP contribution in [0.15, 0.2) is 18.3 Å². The highest BCUT2D eigenvalue weighted by molar-refractivity contribution is 5.94. The number of aromatic nitrogens is 1. The van der Waals surface area contributed by atoms with Crippen molar-refractivity contribution < 1.29 is 15.0 Å². The number of aliphatic hydroxyl groups excluding tert-OH is 2. The fourth-order valence-corrected chi connectivity index (χ4v) is 2.27. The molecule has 1 fully saturated rings. The van der Waals surface area contributed by atoms with Crippen LogP contribution in [0.2, 0.25) is 0 Å². The number of β-amino-alcohol motifs (C(OH)–C–C–N with tert-alkyl or cyclic N) is 1. The summed E-state index contributed by atoms with van der Waals surface area (Å²) in [5, 5.41) is 18.7. The van der Waals surface area contributed by atoms with Gasteiger partial charge in [0.2, 0.25) is 0 Å². The molecule has 2 atom stereocenters. The number of piperidine rings is 1. The van der Waals surface area contributed by atoms with Gasteiger partial charge in [-0.2, -0.15) is 0 Å². The van der Waals surface area contributed by atoms with E-state index in [1.807, 2.05) is 6.92 Å². The quantitative estimate of drug-likeness (QED) is 0.784. The van der Waals surface area contributed by atoms with E-state index in [1.54, 1.807) is 23.2 Å². The smallest absolute Gasteiger partial charge is 0.273 e. The molecule has 0 saturated carbocycles. The van der Waals surface area contributed by atoms with Crippen LogP contribution < -0.4 is 0 Å². The number of rotatable bonds is 2. The molecule has 0 radical (unpaired) electrons. The van der Waals surface area contributed by atoms with E-state index in [9.17, 15) is 9.90 Å². The highest BCUT2D eigenvalue weighted by Gasteiger charge is 2.29. The van der Waals surface area contributed by atoms with E-state index < -0.39 is 6.10 Å². The number of aliphatic hydroxyl groups is 2. The summed E-state index contributed by atoms with van der Waals surface area (Å²) >= 11 is 0. The highest BCUT2D eigenvalue weighted by Crippen LogP contribution is 2.19. The predicted octanol–water partition coefficient (Wildman–Crippen LogP) is 0.658. The first-order valence-corrected chi connectivity index (χ1v) is 7.15. The molecule has 0 spiro atoms. The van der Waals surface area contributed by atoms with Crippen LogP contribution in [0, 0.1) is 17.8 Å². The van der Waals surface area contributed by atoms with Crippen molar-refractivity contribution in [2.75, 3.05) is 19.7 Å². The Balaban J connectivity index is 2.18. The van der Waals surface area contributed by atoms with Gasteiger partial charge < -0.3 is 15.1 Å². The molecule has 112 valence electrons. The second-order valence-corrected chi connectivity index (χ2v) is 5.26. The Morgan fingerprint density at radius 3 is 3.10 bits per heavy atom. The van der Waals surface area contributed by atoms with E-state index in [0.717, 1.165) is 6.42 Å².